The van der Waals surface area contributed by atoms with E-state index in [0.29, 0.717) is 30.8 Å². The summed E-state index contributed by atoms with van der Waals surface area (Å²) in [7, 11) is 0. The van der Waals surface area contributed by atoms with Gasteiger partial charge in [-0.15, -0.1) is 0 Å². The van der Waals surface area contributed by atoms with Crippen LogP contribution in [-0.2, 0) is 9.59 Å². The quantitative estimate of drug-likeness (QED) is 0.633. The molecular weight excluding hydrogens is 282 g/mol. The number of rotatable bonds is 4. The van der Waals surface area contributed by atoms with Crippen molar-refractivity contribution in [2.24, 2.45) is 5.92 Å². The zero-order valence-corrected chi connectivity index (χ0v) is 13.0. The molecule has 0 bridgehead atoms. The van der Waals surface area contributed by atoms with E-state index in [0.717, 1.165) is 12.8 Å². The van der Waals surface area contributed by atoms with Gasteiger partial charge in [-0.1, -0.05) is 13.0 Å². The minimum atomic E-state index is -0.413. The maximum absolute atomic E-state index is 12.5. The largest absolute Gasteiger partial charge is 0.427 e. The number of piperidine rings is 1. The number of Topliss-reactive ketones (excluding diaryl/α,β-unsaturated/α-hetero) is 1. The molecule has 118 valence electrons. The zero-order valence-electron chi connectivity index (χ0n) is 13.0. The van der Waals surface area contributed by atoms with E-state index in [1.54, 1.807) is 29.2 Å². The van der Waals surface area contributed by atoms with E-state index in [2.05, 4.69) is 0 Å². The Hall–Kier alpha value is -2.17. The summed E-state index contributed by atoms with van der Waals surface area (Å²) in [5, 5.41) is 0. The minimum Gasteiger partial charge on any atom is -0.427 e. The molecule has 0 aromatic heterocycles. The van der Waals surface area contributed by atoms with Crippen LogP contribution in [0, 0.1) is 5.92 Å². The number of hydrogen-bond donors (Lipinski definition) is 0. The molecule has 0 spiro atoms. The van der Waals surface area contributed by atoms with Crippen LogP contribution in [0.4, 0.5) is 0 Å². The van der Waals surface area contributed by atoms with Gasteiger partial charge in [-0.05, 0) is 31.0 Å². The van der Waals surface area contributed by atoms with E-state index in [-0.39, 0.29) is 17.6 Å². The van der Waals surface area contributed by atoms with Crippen LogP contribution in [-0.4, -0.2) is 35.6 Å². The molecule has 2 rings (SSSR count). The molecule has 1 aliphatic heterocycles. The van der Waals surface area contributed by atoms with E-state index in [4.69, 9.17) is 4.74 Å². The zero-order chi connectivity index (χ0) is 16.1. The van der Waals surface area contributed by atoms with Crippen molar-refractivity contribution >= 4 is 17.7 Å². The highest BCUT2D eigenvalue weighted by atomic mass is 16.5. The first-order chi connectivity index (χ1) is 10.5. The monoisotopic (exact) mass is 303 g/mol. The lowest BCUT2D eigenvalue weighted by Gasteiger charge is -2.31. The highest BCUT2D eigenvalue weighted by Crippen LogP contribution is 2.22. The summed E-state index contributed by atoms with van der Waals surface area (Å²) >= 11 is 0. The van der Waals surface area contributed by atoms with Crippen LogP contribution in [0.2, 0.25) is 0 Å². The average Bonchev–Trinajstić information content (AvgIpc) is 2.53. The number of ketones is 1. The fourth-order valence-electron chi connectivity index (χ4n) is 2.73. The number of carbonyl (C=O) groups is 3. The molecular formula is C17H21NO4. The third kappa shape index (κ3) is 3.93. The Morgan fingerprint density at radius 3 is 2.50 bits per heavy atom. The van der Waals surface area contributed by atoms with Gasteiger partial charge in [0.05, 0.1) is 0 Å². The normalized spacial score (nSPS) is 15.5. The maximum Gasteiger partial charge on any atom is 0.308 e. The number of nitrogens with zero attached hydrogens (tertiary/aromatic N) is 1. The number of esters is 1. The molecule has 0 atom stereocenters. The van der Waals surface area contributed by atoms with Gasteiger partial charge < -0.3 is 9.64 Å². The standard InChI is InChI=1S/C17H21NO4/c1-3-16(20)13-7-9-18(10-8-13)17(21)14-5-4-6-15(11-14)22-12(2)19/h4-6,11,13H,3,7-10H2,1-2H3. The summed E-state index contributed by atoms with van der Waals surface area (Å²) < 4.78 is 5.00. The molecule has 0 radical (unpaired) electrons. The molecule has 1 amide bonds. The predicted molar refractivity (Wildman–Crippen MR) is 81.7 cm³/mol. The second-order valence-corrected chi connectivity index (χ2v) is 5.51. The third-order valence-corrected chi connectivity index (χ3v) is 3.93. The van der Waals surface area contributed by atoms with Crippen molar-refractivity contribution in [1.29, 1.82) is 0 Å². The molecule has 1 aromatic carbocycles. The molecule has 0 aliphatic carbocycles. The number of amides is 1. The van der Waals surface area contributed by atoms with E-state index >= 15 is 0 Å². The van der Waals surface area contributed by atoms with Crippen LogP contribution < -0.4 is 4.74 Å². The van der Waals surface area contributed by atoms with Gasteiger partial charge in [0.25, 0.3) is 5.91 Å². The molecule has 1 heterocycles. The molecule has 0 saturated carbocycles. The SMILES string of the molecule is CCC(=O)C1CCN(C(=O)c2cccc(OC(C)=O)c2)CC1. The third-order valence-electron chi connectivity index (χ3n) is 3.93. The predicted octanol–water partition coefficient (Wildman–Crippen LogP) is 2.44. The molecule has 1 aromatic rings. The minimum absolute atomic E-state index is 0.0847. The highest BCUT2D eigenvalue weighted by molar-refractivity contribution is 5.95. The summed E-state index contributed by atoms with van der Waals surface area (Å²) in [5.41, 5.74) is 0.499. The van der Waals surface area contributed by atoms with Gasteiger partial charge in [0.15, 0.2) is 0 Å². The Bertz CT molecular complexity index is 574. The Morgan fingerprint density at radius 1 is 1.23 bits per heavy atom. The van der Waals surface area contributed by atoms with Gasteiger partial charge in [0, 0.05) is 37.9 Å². The Morgan fingerprint density at radius 2 is 1.91 bits per heavy atom. The van der Waals surface area contributed by atoms with Gasteiger partial charge in [-0.2, -0.15) is 0 Å². The summed E-state index contributed by atoms with van der Waals surface area (Å²) in [6.45, 7) is 4.38. The first kappa shape index (κ1) is 16.2. The van der Waals surface area contributed by atoms with Crippen LogP contribution in [0.15, 0.2) is 24.3 Å². The number of ether oxygens (including phenoxy) is 1. The van der Waals surface area contributed by atoms with E-state index in [9.17, 15) is 14.4 Å². The van der Waals surface area contributed by atoms with Crippen molar-refractivity contribution in [1.82, 2.24) is 4.90 Å². The molecule has 0 unspecified atom stereocenters. The topological polar surface area (TPSA) is 63.7 Å². The summed E-state index contributed by atoms with van der Waals surface area (Å²) in [6.07, 6.45) is 2.01. The Labute approximate surface area is 130 Å². The number of benzene rings is 1. The van der Waals surface area contributed by atoms with Crippen LogP contribution >= 0.6 is 0 Å². The molecule has 1 fully saturated rings. The van der Waals surface area contributed by atoms with Crippen LogP contribution in [0.25, 0.3) is 0 Å². The molecule has 1 saturated heterocycles. The fourth-order valence-corrected chi connectivity index (χ4v) is 2.73. The van der Waals surface area contributed by atoms with Crippen molar-refractivity contribution in [3.8, 4) is 5.75 Å². The van der Waals surface area contributed by atoms with Crippen LogP contribution in [0.3, 0.4) is 0 Å². The molecule has 22 heavy (non-hydrogen) atoms. The van der Waals surface area contributed by atoms with E-state index in [1.807, 2.05) is 6.92 Å². The lowest BCUT2D eigenvalue weighted by Crippen LogP contribution is -2.40. The molecule has 5 nitrogen and oxygen atoms in total. The molecule has 1 aliphatic rings. The fraction of sp³-hybridized carbons (Fsp3) is 0.471. The second kappa shape index (κ2) is 7.20. The summed E-state index contributed by atoms with van der Waals surface area (Å²) in [4.78, 5) is 36.9. The number of likely N-dealkylation sites (tertiary alicyclic amines) is 1. The van der Waals surface area contributed by atoms with Gasteiger partial charge in [0.2, 0.25) is 0 Å². The Balaban J connectivity index is 2.01. The van der Waals surface area contributed by atoms with Crippen molar-refractivity contribution in [2.75, 3.05) is 13.1 Å². The lowest BCUT2D eigenvalue weighted by molar-refractivity contribution is -0.131. The first-order valence-corrected chi connectivity index (χ1v) is 7.61. The van der Waals surface area contributed by atoms with Crippen LogP contribution in [0.5, 0.6) is 5.75 Å². The van der Waals surface area contributed by atoms with E-state index in [1.165, 1.54) is 6.92 Å². The van der Waals surface area contributed by atoms with Crippen molar-refractivity contribution in [3.05, 3.63) is 29.8 Å². The van der Waals surface area contributed by atoms with Gasteiger partial charge >= 0.3 is 5.97 Å². The lowest BCUT2D eigenvalue weighted by atomic mass is 9.91. The van der Waals surface area contributed by atoms with Gasteiger partial charge in [-0.25, -0.2) is 0 Å². The maximum atomic E-state index is 12.5. The molecule has 5 heteroatoms. The van der Waals surface area contributed by atoms with Crippen molar-refractivity contribution < 1.29 is 19.1 Å². The first-order valence-electron chi connectivity index (χ1n) is 7.61. The number of carbonyl (C=O) groups excluding carboxylic acids is 3. The van der Waals surface area contributed by atoms with E-state index < -0.39 is 5.97 Å². The highest BCUT2D eigenvalue weighted by Gasteiger charge is 2.26. The summed E-state index contributed by atoms with van der Waals surface area (Å²) in [6, 6.07) is 6.62. The van der Waals surface area contributed by atoms with Gasteiger partial charge in [-0.3, -0.25) is 14.4 Å². The number of hydrogen-bond acceptors (Lipinski definition) is 4. The Kier molecular flexibility index (Phi) is 5.31. The second-order valence-electron chi connectivity index (χ2n) is 5.51. The van der Waals surface area contributed by atoms with Crippen LogP contribution in [0.1, 0.15) is 43.5 Å². The summed E-state index contributed by atoms with van der Waals surface area (Å²) in [5.74, 6) is 0.236. The smallest absolute Gasteiger partial charge is 0.308 e. The van der Waals surface area contributed by atoms with Crippen molar-refractivity contribution in [3.63, 3.8) is 0 Å². The average molecular weight is 303 g/mol. The van der Waals surface area contributed by atoms with Gasteiger partial charge in [0.1, 0.15) is 11.5 Å². The van der Waals surface area contributed by atoms with Crippen molar-refractivity contribution in [2.45, 2.75) is 33.1 Å². The molecule has 0 N–H and O–H groups in total.